The first-order valence-corrected chi connectivity index (χ1v) is 20.1. The van der Waals surface area contributed by atoms with E-state index in [1.807, 2.05) is 30.3 Å². The Morgan fingerprint density at radius 2 is 1.54 bits per heavy atom. The van der Waals surface area contributed by atoms with Gasteiger partial charge in [-0.05, 0) is 41.8 Å². The monoisotopic (exact) mass is 571 g/mol. The van der Waals surface area contributed by atoms with E-state index in [1.54, 1.807) is 0 Å². The van der Waals surface area contributed by atoms with Crippen LogP contribution in [0.1, 0.15) is 47.1 Å². The van der Waals surface area contributed by atoms with Gasteiger partial charge < -0.3 is 24.1 Å². The van der Waals surface area contributed by atoms with Crippen molar-refractivity contribution in [2.75, 3.05) is 6.61 Å². The number of hydrogen-bond acceptors (Lipinski definition) is 8. The molecule has 4 atom stereocenters. The van der Waals surface area contributed by atoms with Crippen molar-refractivity contribution in [3.63, 3.8) is 0 Å². The fourth-order valence-electron chi connectivity index (χ4n) is 3.86. The summed E-state index contributed by atoms with van der Waals surface area (Å²) >= 11 is 0. The van der Waals surface area contributed by atoms with Crippen LogP contribution >= 0.6 is 0 Å². The van der Waals surface area contributed by atoms with Gasteiger partial charge in [0.05, 0.1) is 24.3 Å². The van der Waals surface area contributed by atoms with E-state index in [0.29, 0.717) is 0 Å². The van der Waals surface area contributed by atoms with Gasteiger partial charge in [-0.15, -0.1) is 0 Å². The van der Waals surface area contributed by atoms with Crippen molar-refractivity contribution in [3.05, 3.63) is 47.0 Å². The molecule has 1 aromatic carbocycles. The molecule has 1 spiro atoms. The van der Waals surface area contributed by atoms with E-state index in [0.717, 1.165) is 11.0 Å². The van der Waals surface area contributed by atoms with Crippen LogP contribution in [-0.2, 0) is 39.2 Å². The van der Waals surface area contributed by atoms with Gasteiger partial charge in [0, 0.05) is 0 Å². The lowest BCUT2D eigenvalue weighted by atomic mass is 9.90. The third-order valence-electron chi connectivity index (χ3n) is 8.31. The number of rotatable bonds is 8. The molecule has 0 aliphatic carbocycles. The second-order valence-electron chi connectivity index (χ2n) is 13.1. The molecule has 210 valence electrons. The minimum absolute atomic E-state index is 0.0471. The first-order chi connectivity index (χ1) is 16.7. The predicted molar refractivity (Wildman–Crippen MR) is 150 cm³/mol. The molecule has 0 aromatic heterocycles. The zero-order valence-corrected chi connectivity index (χ0v) is 26.8. The normalized spacial score (nSPS) is 28.6. The molecule has 2 N–H and O–H groups in total. The van der Waals surface area contributed by atoms with E-state index >= 15 is 0 Å². The highest BCUT2D eigenvalue weighted by molar-refractivity contribution is 7.90. The first kappa shape index (κ1) is 30.5. The summed E-state index contributed by atoms with van der Waals surface area (Å²) in [5.74, 6) is 0. The maximum absolute atomic E-state index is 12.8. The van der Waals surface area contributed by atoms with Crippen LogP contribution in [0.2, 0.25) is 36.3 Å². The van der Waals surface area contributed by atoms with E-state index in [4.69, 9.17) is 28.2 Å². The van der Waals surface area contributed by atoms with Crippen molar-refractivity contribution >= 4 is 26.8 Å². The quantitative estimate of drug-likeness (QED) is 0.334. The van der Waals surface area contributed by atoms with Gasteiger partial charge in [0.25, 0.3) is 10.1 Å². The molecule has 1 aromatic rings. The summed E-state index contributed by atoms with van der Waals surface area (Å²) in [6, 6.07) is 9.71. The van der Waals surface area contributed by atoms with Crippen LogP contribution < -0.4 is 5.73 Å². The fraction of sp³-hybridized carbons (Fsp3) is 0.692. The zero-order valence-electron chi connectivity index (χ0n) is 24.0. The van der Waals surface area contributed by atoms with Crippen LogP contribution in [0.25, 0.3) is 0 Å². The molecule has 0 saturated carbocycles. The molecule has 0 bridgehead atoms. The van der Waals surface area contributed by atoms with E-state index < -0.39 is 50.9 Å². The summed E-state index contributed by atoms with van der Waals surface area (Å²) in [5.41, 5.74) is 5.88. The van der Waals surface area contributed by atoms with Crippen molar-refractivity contribution < 1.29 is 30.9 Å². The average Bonchev–Trinajstić information content (AvgIpc) is 3.16. The highest BCUT2D eigenvalue weighted by Gasteiger charge is 2.67. The lowest BCUT2D eigenvalue weighted by molar-refractivity contribution is -0.172. The van der Waals surface area contributed by atoms with Crippen LogP contribution in [0.5, 0.6) is 0 Å². The Hall–Kier alpha value is -1.06. The van der Waals surface area contributed by atoms with E-state index in [2.05, 4.69) is 67.7 Å². The van der Waals surface area contributed by atoms with Gasteiger partial charge in [0.15, 0.2) is 28.5 Å². The lowest BCUT2D eigenvalue weighted by Crippen LogP contribution is -2.59. The molecule has 2 aliphatic heterocycles. The van der Waals surface area contributed by atoms with Crippen molar-refractivity contribution in [2.45, 2.75) is 109 Å². The number of benzene rings is 1. The SMILES string of the molecule is CC(C)(C)[Si](C)(C)OCC1OC(OCc2ccccc2)C(O[Si](C)(C)C(C)(C)C)C12OS(=O)(=O)C=C2N. The van der Waals surface area contributed by atoms with Gasteiger partial charge in [-0.25, -0.2) is 4.18 Å². The Morgan fingerprint density at radius 3 is 2.03 bits per heavy atom. The number of ether oxygens (including phenoxy) is 2. The standard InChI is InChI=1S/C26H45NO7SSi2/c1-24(2,3)36(7,8)31-17-21-26(20(27)18-35(28,29)34-26)22(33-37(9,10)25(4,5)6)23(32-21)30-16-19-14-12-11-13-15-19/h11-15,18,21-23H,16-17,27H2,1-10H3. The first-order valence-electron chi connectivity index (χ1n) is 12.8. The van der Waals surface area contributed by atoms with Crippen molar-refractivity contribution in [1.82, 2.24) is 0 Å². The summed E-state index contributed by atoms with van der Waals surface area (Å²) in [6.07, 6.45) is -2.66. The van der Waals surface area contributed by atoms with Gasteiger partial charge in [0.1, 0.15) is 12.2 Å². The Kier molecular flexibility index (Phi) is 8.37. The molecule has 11 heteroatoms. The number of nitrogens with two attached hydrogens (primary N) is 1. The summed E-state index contributed by atoms with van der Waals surface area (Å²) in [7, 11) is -8.71. The minimum atomic E-state index is -4.05. The molecular weight excluding hydrogens is 527 g/mol. The Bertz CT molecular complexity index is 1090. The highest BCUT2D eigenvalue weighted by Crippen LogP contribution is 2.49. The molecular formula is C26H45NO7SSi2. The predicted octanol–water partition coefficient (Wildman–Crippen LogP) is 5.24. The molecule has 37 heavy (non-hydrogen) atoms. The Morgan fingerprint density at radius 1 is 0.973 bits per heavy atom. The molecule has 0 amide bonds. The van der Waals surface area contributed by atoms with E-state index in [9.17, 15) is 8.42 Å². The summed E-state index contributed by atoms with van der Waals surface area (Å²) in [5, 5.41) is 0.754. The lowest BCUT2D eigenvalue weighted by Gasteiger charge is -2.43. The maximum Gasteiger partial charge on any atom is 0.292 e. The van der Waals surface area contributed by atoms with E-state index in [-0.39, 0.29) is 29.0 Å². The minimum Gasteiger partial charge on any atom is -0.414 e. The second kappa shape index (κ2) is 10.2. The van der Waals surface area contributed by atoms with Gasteiger partial charge in [-0.3, -0.25) is 0 Å². The Labute approximate surface area is 225 Å². The van der Waals surface area contributed by atoms with Crippen molar-refractivity contribution in [1.29, 1.82) is 0 Å². The maximum atomic E-state index is 12.8. The third kappa shape index (κ3) is 6.24. The van der Waals surface area contributed by atoms with Crippen LogP contribution in [0.3, 0.4) is 0 Å². The van der Waals surface area contributed by atoms with Gasteiger partial charge >= 0.3 is 0 Å². The molecule has 3 rings (SSSR count). The summed E-state index contributed by atoms with van der Waals surface area (Å²) in [6.45, 7) is 21.6. The van der Waals surface area contributed by atoms with Crippen LogP contribution in [0, 0.1) is 0 Å². The molecule has 1 saturated heterocycles. The van der Waals surface area contributed by atoms with Gasteiger partial charge in [-0.1, -0.05) is 71.9 Å². The van der Waals surface area contributed by atoms with Crippen molar-refractivity contribution in [2.24, 2.45) is 5.73 Å². The molecule has 1 fully saturated rings. The van der Waals surface area contributed by atoms with Crippen LogP contribution in [0.4, 0.5) is 0 Å². The molecule has 2 heterocycles. The second-order valence-corrected chi connectivity index (χ2v) is 24.1. The zero-order chi connectivity index (χ0) is 28.1. The molecule has 8 nitrogen and oxygen atoms in total. The fourth-order valence-corrected chi connectivity index (χ4v) is 7.36. The Balaban J connectivity index is 2.03. The van der Waals surface area contributed by atoms with Gasteiger partial charge in [0.2, 0.25) is 0 Å². The van der Waals surface area contributed by atoms with Crippen LogP contribution in [-0.4, -0.2) is 55.8 Å². The topological polar surface area (TPSA) is 106 Å². The number of hydrogen-bond donors (Lipinski definition) is 1. The van der Waals surface area contributed by atoms with E-state index in [1.165, 1.54) is 0 Å². The van der Waals surface area contributed by atoms with Crippen molar-refractivity contribution in [3.8, 4) is 0 Å². The molecule has 4 unspecified atom stereocenters. The summed E-state index contributed by atoms with van der Waals surface area (Å²) < 4.78 is 57.3. The largest absolute Gasteiger partial charge is 0.414 e. The smallest absolute Gasteiger partial charge is 0.292 e. The molecule has 0 radical (unpaired) electrons. The van der Waals surface area contributed by atoms with Crippen LogP contribution in [0.15, 0.2) is 41.4 Å². The molecule has 2 aliphatic rings. The summed E-state index contributed by atoms with van der Waals surface area (Å²) in [4.78, 5) is 0. The van der Waals surface area contributed by atoms with Gasteiger partial charge in [-0.2, -0.15) is 8.42 Å². The highest BCUT2D eigenvalue weighted by atomic mass is 32.2. The third-order valence-corrected chi connectivity index (χ3v) is 18.3. The average molecular weight is 572 g/mol.